The van der Waals surface area contributed by atoms with Crippen LogP contribution in [0.5, 0.6) is 5.75 Å². The molecule has 1 aliphatic heterocycles. The number of hydrogen-bond donors (Lipinski definition) is 0. The van der Waals surface area contributed by atoms with Crippen LogP contribution in [0.25, 0.3) is 0 Å². The van der Waals surface area contributed by atoms with Gasteiger partial charge in [-0.3, -0.25) is 9.58 Å². The van der Waals surface area contributed by atoms with E-state index in [9.17, 15) is 4.79 Å². The average molecular weight is 345 g/mol. The van der Waals surface area contributed by atoms with Gasteiger partial charge in [0.05, 0.1) is 39.0 Å². The van der Waals surface area contributed by atoms with E-state index in [0.29, 0.717) is 31.0 Å². The van der Waals surface area contributed by atoms with Gasteiger partial charge in [-0.2, -0.15) is 5.10 Å². The van der Waals surface area contributed by atoms with E-state index in [1.165, 1.54) is 7.11 Å². The Kier molecular flexibility index (Phi) is 5.67. The quantitative estimate of drug-likeness (QED) is 0.741. The van der Waals surface area contributed by atoms with Crippen LogP contribution in [0.15, 0.2) is 36.7 Å². The van der Waals surface area contributed by atoms with Crippen molar-refractivity contribution >= 4 is 5.97 Å². The zero-order valence-electron chi connectivity index (χ0n) is 14.6. The molecule has 0 bridgehead atoms. The van der Waals surface area contributed by atoms with E-state index in [0.717, 1.165) is 18.7 Å². The highest BCUT2D eigenvalue weighted by atomic mass is 16.5. The van der Waals surface area contributed by atoms with Crippen LogP contribution in [0.3, 0.4) is 0 Å². The topological polar surface area (TPSA) is 65.8 Å². The molecule has 1 aromatic carbocycles. The number of benzene rings is 1. The van der Waals surface area contributed by atoms with Crippen molar-refractivity contribution < 1.29 is 19.0 Å². The molecular weight excluding hydrogens is 322 g/mol. The van der Waals surface area contributed by atoms with E-state index in [1.807, 2.05) is 23.0 Å². The first-order valence-corrected chi connectivity index (χ1v) is 8.27. The van der Waals surface area contributed by atoms with Crippen molar-refractivity contribution in [1.29, 1.82) is 0 Å². The lowest BCUT2D eigenvalue weighted by Crippen LogP contribution is -2.44. The first-order chi connectivity index (χ1) is 12.2. The van der Waals surface area contributed by atoms with Gasteiger partial charge in [-0.1, -0.05) is 6.07 Å². The lowest BCUT2D eigenvalue weighted by Gasteiger charge is -2.33. The van der Waals surface area contributed by atoms with Gasteiger partial charge in [0.2, 0.25) is 0 Å². The largest absolute Gasteiger partial charge is 0.496 e. The minimum atomic E-state index is -0.352. The predicted octanol–water partition coefficient (Wildman–Crippen LogP) is 1.58. The van der Waals surface area contributed by atoms with Gasteiger partial charge >= 0.3 is 5.97 Å². The molecule has 0 radical (unpaired) electrons. The lowest BCUT2D eigenvalue weighted by atomic mass is 10.0. The summed E-state index contributed by atoms with van der Waals surface area (Å²) in [6, 6.07) is 7.33. The summed E-state index contributed by atoms with van der Waals surface area (Å²) in [5.74, 6) is 0.341. The third kappa shape index (κ3) is 4.18. The third-order valence-corrected chi connectivity index (χ3v) is 4.31. The average Bonchev–Trinajstić information content (AvgIpc) is 3.14. The van der Waals surface area contributed by atoms with E-state index in [4.69, 9.17) is 14.2 Å². The molecule has 0 N–H and O–H groups in total. The Balaban J connectivity index is 1.73. The predicted molar refractivity (Wildman–Crippen MR) is 91.6 cm³/mol. The molecule has 25 heavy (non-hydrogen) atoms. The van der Waals surface area contributed by atoms with Crippen LogP contribution in [-0.2, 0) is 22.6 Å². The molecule has 0 unspecified atom stereocenters. The number of carbonyl (C=O) groups is 1. The van der Waals surface area contributed by atoms with E-state index in [-0.39, 0.29) is 12.1 Å². The number of hydrogen-bond acceptors (Lipinski definition) is 6. The summed E-state index contributed by atoms with van der Waals surface area (Å²) in [7, 11) is 3.00. The van der Waals surface area contributed by atoms with E-state index < -0.39 is 0 Å². The van der Waals surface area contributed by atoms with Crippen LogP contribution < -0.4 is 4.74 Å². The molecular formula is C18H23N3O4. The number of methoxy groups -OCH3 is 2. The summed E-state index contributed by atoms with van der Waals surface area (Å²) in [6.07, 6.45) is 3.75. The normalized spacial score (nSPS) is 18.1. The standard InChI is InChI=1S/C18H23N3O4/c1-23-17-6-3-5-15(18(22)24-2)16(17)13-20-9-10-25-14(11-20)12-21-8-4-7-19-21/h3-8,14H,9-13H2,1-2H3/t14-/m1/s1. The first-order valence-electron chi connectivity index (χ1n) is 8.27. The Hall–Kier alpha value is -2.38. The summed E-state index contributed by atoms with van der Waals surface area (Å²) >= 11 is 0. The molecule has 2 aromatic rings. The van der Waals surface area contributed by atoms with E-state index >= 15 is 0 Å². The van der Waals surface area contributed by atoms with Crippen LogP contribution >= 0.6 is 0 Å². The molecule has 134 valence electrons. The number of rotatable bonds is 6. The lowest BCUT2D eigenvalue weighted by molar-refractivity contribution is -0.0404. The zero-order valence-corrected chi connectivity index (χ0v) is 14.6. The van der Waals surface area contributed by atoms with Crippen LogP contribution in [0.4, 0.5) is 0 Å². The van der Waals surface area contributed by atoms with Crippen molar-refractivity contribution in [2.75, 3.05) is 33.9 Å². The summed E-state index contributed by atoms with van der Waals surface area (Å²) in [4.78, 5) is 14.4. The van der Waals surface area contributed by atoms with Crippen molar-refractivity contribution in [3.8, 4) is 5.75 Å². The van der Waals surface area contributed by atoms with Gasteiger partial charge in [0.25, 0.3) is 0 Å². The Bertz CT molecular complexity index is 702. The van der Waals surface area contributed by atoms with Gasteiger partial charge in [0.15, 0.2) is 0 Å². The molecule has 0 amide bonds. The van der Waals surface area contributed by atoms with Crippen LogP contribution in [0.2, 0.25) is 0 Å². The minimum absolute atomic E-state index is 0.0601. The maximum Gasteiger partial charge on any atom is 0.338 e. The summed E-state index contributed by atoms with van der Waals surface area (Å²) in [6.45, 7) is 3.52. The molecule has 1 fully saturated rings. The van der Waals surface area contributed by atoms with Gasteiger partial charge in [0.1, 0.15) is 5.75 Å². The Labute approximate surface area is 147 Å². The van der Waals surface area contributed by atoms with Gasteiger partial charge in [-0.05, 0) is 18.2 Å². The zero-order chi connectivity index (χ0) is 17.6. The highest BCUT2D eigenvalue weighted by molar-refractivity contribution is 5.91. The van der Waals surface area contributed by atoms with Crippen molar-refractivity contribution in [3.63, 3.8) is 0 Å². The van der Waals surface area contributed by atoms with Gasteiger partial charge in [0, 0.05) is 37.6 Å². The van der Waals surface area contributed by atoms with Crippen LogP contribution in [0, 0.1) is 0 Å². The minimum Gasteiger partial charge on any atom is -0.496 e. The molecule has 0 aliphatic carbocycles. The van der Waals surface area contributed by atoms with Gasteiger partial charge < -0.3 is 14.2 Å². The second-order valence-corrected chi connectivity index (χ2v) is 5.93. The molecule has 1 saturated heterocycles. The maximum atomic E-state index is 12.1. The van der Waals surface area contributed by atoms with Crippen LogP contribution in [-0.4, -0.2) is 60.7 Å². The highest BCUT2D eigenvalue weighted by Crippen LogP contribution is 2.25. The number of carbonyl (C=O) groups excluding carboxylic acids is 1. The number of nitrogens with zero attached hydrogens (tertiary/aromatic N) is 3. The molecule has 7 heteroatoms. The SMILES string of the molecule is COC(=O)c1cccc(OC)c1CN1CCO[C@@H](Cn2cccn2)C1. The van der Waals surface area contributed by atoms with Crippen LogP contribution in [0.1, 0.15) is 15.9 Å². The molecule has 2 heterocycles. The van der Waals surface area contributed by atoms with Crippen molar-refractivity contribution in [1.82, 2.24) is 14.7 Å². The second kappa shape index (κ2) is 8.13. The summed E-state index contributed by atoms with van der Waals surface area (Å²) < 4.78 is 18.1. The molecule has 1 aliphatic rings. The molecule has 1 aromatic heterocycles. The number of ether oxygens (including phenoxy) is 3. The molecule has 3 rings (SSSR count). The number of esters is 1. The summed E-state index contributed by atoms with van der Waals surface area (Å²) in [5.41, 5.74) is 1.38. The molecule has 1 atom stereocenters. The Morgan fingerprint density at radius 2 is 2.24 bits per heavy atom. The maximum absolute atomic E-state index is 12.1. The monoisotopic (exact) mass is 345 g/mol. The smallest absolute Gasteiger partial charge is 0.338 e. The fourth-order valence-electron chi connectivity index (χ4n) is 3.10. The van der Waals surface area contributed by atoms with Crippen molar-refractivity contribution in [3.05, 3.63) is 47.8 Å². The van der Waals surface area contributed by atoms with Crippen molar-refractivity contribution in [2.24, 2.45) is 0 Å². The Morgan fingerprint density at radius 3 is 2.96 bits per heavy atom. The van der Waals surface area contributed by atoms with E-state index in [2.05, 4.69) is 10.00 Å². The van der Waals surface area contributed by atoms with Gasteiger partial charge in [-0.15, -0.1) is 0 Å². The fourth-order valence-corrected chi connectivity index (χ4v) is 3.10. The molecule has 0 spiro atoms. The summed E-state index contributed by atoms with van der Waals surface area (Å²) in [5, 5.41) is 4.23. The molecule has 0 saturated carbocycles. The second-order valence-electron chi connectivity index (χ2n) is 5.93. The number of aromatic nitrogens is 2. The third-order valence-electron chi connectivity index (χ3n) is 4.31. The highest BCUT2D eigenvalue weighted by Gasteiger charge is 2.24. The van der Waals surface area contributed by atoms with Gasteiger partial charge in [-0.25, -0.2) is 4.79 Å². The Morgan fingerprint density at radius 1 is 1.36 bits per heavy atom. The van der Waals surface area contributed by atoms with Crippen molar-refractivity contribution in [2.45, 2.75) is 19.2 Å². The molecule has 7 nitrogen and oxygen atoms in total. The van der Waals surface area contributed by atoms with E-state index in [1.54, 1.807) is 25.4 Å². The fraction of sp³-hybridized carbons (Fsp3) is 0.444. The number of morpholine rings is 1. The first kappa shape index (κ1) is 17.4.